The van der Waals surface area contributed by atoms with Crippen molar-refractivity contribution in [2.75, 3.05) is 29.4 Å². The standard InChI is InChI=1S/C26H24FN5O2/c27-20-11-9-18(10-12-20)23-22-24(28-16-29-25(22)34-30-23)31-13-3-7-19(15-31)26(33)32-14-4-6-17-5-1-2-8-21(17)32/h1-2,5,8-12,16,19H,3-4,6-7,13-15H2/t19-/m0/s1. The third-order valence-corrected chi connectivity index (χ3v) is 6.82. The van der Waals surface area contributed by atoms with E-state index >= 15 is 0 Å². The first-order chi connectivity index (χ1) is 16.7. The zero-order valence-electron chi connectivity index (χ0n) is 18.7. The van der Waals surface area contributed by atoms with Crippen molar-refractivity contribution in [2.24, 2.45) is 5.92 Å². The molecule has 0 radical (unpaired) electrons. The fourth-order valence-corrected chi connectivity index (χ4v) is 5.17. The summed E-state index contributed by atoms with van der Waals surface area (Å²) in [5.74, 6) is 0.428. The smallest absolute Gasteiger partial charge is 0.263 e. The maximum Gasteiger partial charge on any atom is 0.263 e. The van der Waals surface area contributed by atoms with E-state index in [-0.39, 0.29) is 17.6 Å². The molecule has 4 aromatic rings. The molecule has 34 heavy (non-hydrogen) atoms. The molecule has 1 atom stereocenters. The van der Waals surface area contributed by atoms with Gasteiger partial charge in [0.1, 0.15) is 29.0 Å². The molecule has 0 unspecified atom stereocenters. The Labute approximate surface area is 196 Å². The van der Waals surface area contributed by atoms with Crippen LogP contribution >= 0.6 is 0 Å². The SMILES string of the molecule is O=C([C@H]1CCCN(c2ncnc3onc(-c4ccc(F)cc4)c23)C1)N1CCCc2ccccc21. The largest absolute Gasteiger partial charge is 0.355 e. The number of fused-ring (bicyclic) bond motifs is 2. The summed E-state index contributed by atoms with van der Waals surface area (Å²) < 4.78 is 18.9. The van der Waals surface area contributed by atoms with E-state index in [1.807, 2.05) is 23.1 Å². The Morgan fingerprint density at radius 3 is 2.76 bits per heavy atom. The van der Waals surface area contributed by atoms with Gasteiger partial charge in [-0.2, -0.15) is 4.98 Å². The molecule has 1 amide bonds. The first-order valence-electron chi connectivity index (χ1n) is 11.7. The number of halogens is 1. The van der Waals surface area contributed by atoms with Crippen molar-refractivity contribution < 1.29 is 13.7 Å². The number of hydrogen-bond donors (Lipinski definition) is 0. The van der Waals surface area contributed by atoms with Gasteiger partial charge >= 0.3 is 0 Å². The van der Waals surface area contributed by atoms with E-state index in [4.69, 9.17) is 4.52 Å². The average molecular weight is 458 g/mol. The molecule has 6 rings (SSSR count). The number of rotatable bonds is 3. The summed E-state index contributed by atoms with van der Waals surface area (Å²) in [4.78, 5) is 26.5. The zero-order chi connectivity index (χ0) is 23.1. The summed E-state index contributed by atoms with van der Waals surface area (Å²) in [5, 5.41) is 4.89. The Morgan fingerprint density at radius 2 is 1.88 bits per heavy atom. The number of para-hydroxylation sites is 1. The fraction of sp³-hybridized carbons (Fsp3) is 0.308. The van der Waals surface area contributed by atoms with Crippen molar-refractivity contribution >= 4 is 28.5 Å². The first kappa shape index (κ1) is 20.8. The molecule has 2 aliphatic heterocycles. The third kappa shape index (κ3) is 3.59. The third-order valence-electron chi connectivity index (χ3n) is 6.82. The molecule has 8 heteroatoms. The number of piperidine rings is 1. The number of nitrogens with zero attached hydrogens (tertiary/aromatic N) is 5. The molecular formula is C26H24FN5O2. The Kier molecular flexibility index (Phi) is 5.20. The van der Waals surface area contributed by atoms with Gasteiger partial charge in [-0.25, -0.2) is 9.37 Å². The van der Waals surface area contributed by atoms with Crippen LogP contribution in [0, 0.1) is 11.7 Å². The monoisotopic (exact) mass is 457 g/mol. The highest BCUT2D eigenvalue weighted by Gasteiger charge is 2.33. The van der Waals surface area contributed by atoms with E-state index in [0.29, 0.717) is 29.2 Å². The number of aryl methyl sites for hydroxylation is 1. The van der Waals surface area contributed by atoms with Crippen LogP contribution < -0.4 is 9.80 Å². The van der Waals surface area contributed by atoms with Crippen molar-refractivity contribution in [1.82, 2.24) is 15.1 Å². The molecule has 0 saturated carbocycles. The second kappa shape index (κ2) is 8.52. The summed E-state index contributed by atoms with van der Waals surface area (Å²) in [5.41, 5.74) is 3.95. The van der Waals surface area contributed by atoms with Gasteiger partial charge in [0.15, 0.2) is 0 Å². The lowest BCUT2D eigenvalue weighted by atomic mass is 9.94. The van der Waals surface area contributed by atoms with E-state index in [9.17, 15) is 9.18 Å². The predicted molar refractivity (Wildman–Crippen MR) is 127 cm³/mol. The highest BCUT2D eigenvalue weighted by Crippen LogP contribution is 2.36. The molecule has 0 spiro atoms. The quantitative estimate of drug-likeness (QED) is 0.447. The van der Waals surface area contributed by atoms with Gasteiger partial charge in [-0.05, 0) is 61.6 Å². The Hall–Kier alpha value is -3.81. The molecule has 172 valence electrons. The molecule has 7 nitrogen and oxygen atoms in total. The van der Waals surface area contributed by atoms with Gasteiger partial charge in [0, 0.05) is 30.9 Å². The topological polar surface area (TPSA) is 75.4 Å². The normalized spacial score (nSPS) is 18.2. The number of anilines is 2. The summed E-state index contributed by atoms with van der Waals surface area (Å²) in [6.45, 7) is 2.10. The fourth-order valence-electron chi connectivity index (χ4n) is 5.17. The Balaban J connectivity index is 1.32. The van der Waals surface area contributed by atoms with E-state index in [2.05, 4.69) is 26.1 Å². The summed E-state index contributed by atoms with van der Waals surface area (Å²) >= 11 is 0. The van der Waals surface area contributed by atoms with Gasteiger partial charge in [-0.3, -0.25) is 4.79 Å². The zero-order valence-corrected chi connectivity index (χ0v) is 18.7. The molecule has 2 aromatic heterocycles. The first-order valence-corrected chi connectivity index (χ1v) is 11.7. The molecule has 1 fully saturated rings. The van der Waals surface area contributed by atoms with Crippen molar-refractivity contribution in [2.45, 2.75) is 25.7 Å². The van der Waals surface area contributed by atoms with Crippen molar-refractivity contribution in [3.63, 3.8) is 0 Å². The van der Waals surface area contributed by atoms with Crippen LogP contribution in [0.5, 0.6) is 0 Å². The molecular weight excluding hydrogens is 433 g/mol. The second-order valence-electron chi connectivity index (χ2n) is 8.92. The molecule has 0 bridgehead atoms. The Bertz CT molecular complexity index is 1350. The number of aromatic nitrogens is 3. The van der Waals surface area contributed by atoms with Gasteiger partial charge in [0.05, 0.1) is 5.92 Å². The van der Waals surface area contributed by atoms with Crippen LogP contribution in [0.1, 0.15) is 24.8 Å². The van der Waals surface area contributed by atoms with Crippen molar-refractivity contribution in [1.29, 1.82) is 0 Å². The van der Waals surface area contributed by atoms with Crippen LogP contribution in [-0.2, 0) is 11.2 Å². The predicted octanol–water partition coefficient (Wildman–Crippen LogP) is 4.62. The maximum absolute atomic E-state index is 13.6. The number of carbonyl (C=O) groups is 1. The summed E-state index contributed by atoms with van der Waals surface area (Å²) in [6, 6.07) is 14.3. The van der Waals surface area contributed by atoms with Crippen LogP contribution in [-0.4, -0.2) is 40.7 Å². The molecule has 0 N–H and O–H groups in total. The van der Waals surface area contributed by atoms with Crippen LogP contribution in [0.4, 0.5) is 15.9 Å². The van der Waals surface area contributed by atoms with Crippen molar-refractivity contribution in [3.8, 4) is 11.3 Å². The van der Waals surface area contributed by atoms with Gasteiger partial charge < -0.3 is 14.3 Å². The lowest BCUT2D eigenvalue weighted by Gasteiger charge is -2.37. The second-order valence-corrected chi connectivity index (χ2v) is 8.92. The number of benzene rings is 2. The lowest BCUT2D eigenvalue weighted by molar-refractivity contribution is -0.122. The van der Waals surface area contributed by atoms with Gasteiger partial charge in [-0.15, -0.1) is 0 Å². The molecule has 1 saturated heterocycles. The van der Waals surface area contributed by atoms with E-state index in [1.165, 1.54) is 24.0 Å². The van der Waals surface area contributed by atoms with Gasteiger partial charge in [0.2, 0.25) is 5.91 Å². The molecule has 0 aliphatic carbocycles. The molecule has 2 aromatic carbocycles. The van der Waals surface area contributed by atoms with Gasteiger partial charge in [0.25, 0.3) is 5.71 Å². The lowest BCUT2D eigenvalue weighted by Crippen LogP contribution is -2.46. The summed E-state index contributed by atoms with van der Waals surface area (Å²) in [6.07, 6.45) is 5.18. The van der Waals surface area contributed by atoms with Crippen LogP contribution in [0.3, 0.4) is 0 Å². The highest BCUT2D eigenvalue weighted by molar-refractivity contribution is 5.99. The summed E-state index contributed by atoms with van der Waals surface area (Å²) in [7, 11) is 0. The van der Waals surface area contributed by atoms with E-state index < -0.39 is 0 Å². The van der Waals surface area contributed by atoms with Gasteiger partial charge in [-0.1, -0.05) is 23.4 Å². The van der Waals surface area contributed by atoms with Crippen LogP contribution in [0.2, 0.25) is 0 Å². The molecule has 4 heterocycles. The Morgan fingerprint density at radius 1 is 1.03 bits per heavy atom. The minimum Gasteiger partial charge on any atom is -0.355 e. The minimum absolute atomic E-state index is 0.126. The highest BCUT2D eigenvalue weighted by atomic mass is 19.1. The van der Waals surface area contributed by atoms with Crippen LogP contribution in [0.25, 0.3) is 22.4 Å². The van der Waals surface area contributed by atoms with Crippen molar-refractivity contribution in [3.05, 3.63) is 66.2 Å². The number of carbonyl (C=O) groups excluding carboxylic acids is 1. The van der Waals surface area contributed by atoms with Crippen LogP contribution in [0.15, 0.2) is 59.4 Å². The van der Waals surface area contributed by atoms with E-state index in [1.54, 1.807) is 12.1 Å². The van der Waals surface area contributed by atoms with E-state index in [0.717, 1.165) is 50.0 Å². The number of hydrogen-bond acceptors (Lipinski definition) is 6. The minimum atomic E-state index is -0.315. The average Bonchev–Trinajstić information content (AvgIpc) is 3.33. The molecule has 2 aliphatic rings. The maximum atomic E-state index is 13.6. The number of amides is 1.